The number of nitrogens with zero attached hydrogens (tertiary/aromatic N) is 1. The van der Waals surface area contributed by atoms with E-state index in [1.165, 1.54) is 0 Å². The molecule has 0 aliphatic carbocycles. The third-order valence-corrected chi connectivity index (χ3v) is 3.13. The molecule has 0 bridgehead atoms. The molecule has 2 amide bonds. The number of likely N-dealkylation sites (tertiary alicyclic amines) is 1. The molecule has 0 saturated carbocycles. The number of carbonyl (C=O) groups is 2. The zero-order valence-electron chi connectivity index (χ0n) is 13.4. The Labute approximate surface area is 122 Å². The number of hydrogen-bond acceptors (Lipinski definition) is 3. The maximum absolute atomic E-state index is 12.1. The number of carbonyl (C=O) groups excluding carboxylic acids is 2. The van der Waals surface area contributed by atoms with Crippen molar-refractivity contribution < 1.29 is 14.3 Å². The molecule has 0 aromatic heterocycles. The summed E-state index contributed by atoms with van der Waals surface area (Å²) in [6.45, 7) is 11.5. The summed E-state index contributed by atoms with van der Waals surface area (Å²) in [6, 6.07) is 0. The monoisotopic (exact) mass is 284 g/mol. The number of piperidine rings is 1. The fourth-order valence-corrected chi connectivity index (χ4v) is 2.13. The molecule has 1 fully saturated rings. The Balaban J connectivity index is 2.49. The number of hydrogen-bond donors (Lipinski definition) is 1. The van der Waals surface area contributed by atoms with Gasteiger partial charge in [-0.2, -0.15) is 0 Å². The van der Waals surface area contributed by atoms with E-state index in [0.29, 0.717) is 25.6 Å². The van der Waals surface area contributed by atoms with Crippen molar-refractivity contribution in [2.24, 2.45) is 11.8 Å². The van der Waals surface area contributed by atoms with Gasteiger partial charge < -0.3 is 15.0 Å². The first kappa shape index (κ1) is 16.8. The molecule has 0 unspecified atom stereocenters. The normalized spacial score (nSPS) is 19.9. The molecule has 0 radical (unpaired) electrons. The van der Waals surface area contributed by atoms with Crippen LogP contribution in [0.5, 0.6) is 0 Å². The van der Waals surface area contributed by atoms with Crippen molar-refractivity contribution in [3.63, 3.8) is 0 Å². The Morgan fingerprint density at radius 1 is 1.35 bits per heavy atom. The van der Waals surface area contributed by atoms with Crippen molar-refractivity contribution in [1.82, 2.24) is 10.2 Å². The van der Waals surface area contributed by atoms with Gasteiger partial charge in [0.25, 0.3) is 0 Å². The third kappa shape index (κ3) is 5.80. The average Bonchev–Trinajstić information content (AvgIpc) is 2.34. The molecule has 20 heavy (non-hydrogen) atoms. The van der Waals surface area contributed by atoms with Crippen molar-refractivity contribution in [1.29, 1.82) is 0 Å². The number of rotatable bonds is 3. The summed E-state index contributed by atoms with van der Waals surface area (Å²) in [4.78, 5) is 25.7. The first-order valence-corrected chi connectivity index (χ1v) is 7.44. The summed E-state index contributed by atoms with van der Waals surface area (Å²) in [5.41, 5.74) is -0.496. The standard InChI is InChI=1S/C15H28N2O3/c1-11(2)9-16-13(18)12-7-6-8-17(10-12)14(19)20-15(3,4)5/h11-12H,6-10H2,1-5H3,(H,16,18)/t12-/m0/s1. The molecule has 1 N–H and O–H groups in total. The molecule has 5 nitrogen and oxygen atoms in total. The molecule has 116 valence electrons. The summed E-state index contributed by atoms with van der Waals surface area (Å²) in [6.07, 6.45) is 1.36. The quantitative estimate of drug-likeness (QED) is 0.865. The highest BCUT2D eigenvalue weighted by atomic mass is 16.6. The van der Waals surface area contributed by atoms with Crippen molar-refractivity contribution in [2.45, 2.75) is 53.1 Å². The zero-order chi connectivity index (χ0) is 15.3. The van der Waals surface area contributed by atoms with Crippen molar-refractivity contribution in [3.8, 4) is 0 Å². The maximum Gasteiger partial charge on any atom is 0.410 e. The Morgan fingerprint density at radius 2 is 2.00 bits per heavy atom. The van der Waals surface area contributed by atoms with Crippen LogP contribution in [0.15, 0.2) is 0 Å². The largest absolute Gasteiger partial charge is 0.444 e. The van der Waals surface area contributed by atoms with Gasteiger partial charge in [-0.25, -0.2) is 4.79 Å². The number of ether oxygens (including phenoxy) is 1. The topological polar surface area (TPSA) is 58.6 Å². The SMILES string of the molecule is CC(C)CNC(=O)[C@H]1CCCN(C(=O)OC(C)(C)C)C1. The molecule has 1 atom stereocenters. The van der Waals surface area contributed by atoms with Crippen LogP contribution in [0.1, 0.15) is 47.5 Å². The van der Waals surface area contributed by atoms with Gasteiger partial charge in [0.1, 0.15) is 5.60 Å². The van der Waals surface area contributed by atoms with Gasteiger partial charge in [-0.1, -0.05) is 13.8 Å². The molecular formula is C15H28N2O3. The van der Waals surface area contributed by atoms with Crippen molar-refractivity contribution >= 4 is 12.0 Å². The van der Waals surface area contributed by atoms with Gasteiger partial charge in [0, 0.05) is 19.6 Å². The Kier molecular flexibility index (Phi) is 5.84. The molecule has 1 aliphatic heterocycles. The van der Waals surface area contributed by atoms with E-state index in [2.05, 4.69) is 19.2 Å². The molecule has 0 spiro atoms. The Bertz CT molecular complexity index is 348. The van der Waals surface area contributed by atoms with Gasteiger partial charge in [-0.3, -0.25) is 4.79 Å². The van der Waals surface area contributed by atoms with E-state index < -0.39 is 5.60 Å². The maximum atomic E-state index is 12.1. The molecule has 0 aromatic rings. The molecule has 1 heterocycles. The lowest BCUT2D eigenvalue weighted by atomic mass is 9.97. The molecule has 1 rings (SSSR count). The molecule has 1 aliphatic rings. The van der Waals surface area contributed by atoms with E-state index in [1.807, 2.05) is 20.8 Å². The van der Waals surface area contributed by atoms with Gasteiger partial charge in [0.15, 0.2) is 0 Å². The zero-order valence-corrected chi connectivity index (χ0v) is 13.4. The predicted octanol–water partition coefficient (Wildman–Crippen LogP) is 2.41. The highest BCUT2D eigenvalue weighted by Gasteiger charge is 2.30. The summed E-state index contributed by atoms with van der Waals surface area (Å²) >= 11 is 0. The summed E-state index contributed by atoms with van der Waals surface area (Å²) in [5, 5.41) is 2.94. The van der Waals surface area contributed by atoms with Gasteiger partial charge >= 0.3 is 6.09 Å². The van der Waals surface area contributed by atoms with Crippen LogP contribution in [0.3, 0.4) is 0 Å². The minimum atomic E-state index is -0.496. The van der Waals surface area contributed by atoms with Crippen LogP contribution >= 0.6 is 0 Å². The minimum Gasteiger partial charge on any atom is -0.444 e. The lowest BCUT2D eigenvalue weighted by Crippen LogP contribution is -2.47. The first-order chi connectivity index (χ1) is 9.19. The minimum absolute atomic E-state index is 0.0481. The average molecular weight is 284 g/mol. The molecular weight excluding hydrogens is 256 g/mol. The summed E-state index contributed by atoms with van der Waals surface area (Å²) in [7, 11) is 0. The number of amides is 2. The molecule has 1 saturated heterocycles. The van der Waals surface area contributed by atoms with Gasteiger partial charge in [0.2, 0.25) is 5.91 Å². The van der Waals surface area contributed by atoms with Crippen LogP contribution in [0, 0.1) is 11.8 Å². The van der Waals surface area contributed by atoms with Gasteiger partial charge in [0.05, 0.1) is 5.92 Å². The summed E-state index contributed by atoms with van der Waals surface area (Å²) in [5.74, 6) is 0.367. The third-order valence-electron chi connectivity index (χ3n) is 3.13. The second-order valence-electron chi connectivity index (χ2n) is 6.90. The smallest absolute Gasteiger partial charge is 0.410 e. The second-order valence-corrected chi connectivity index (χ2v) is 6.90. The molecule has 0 aromatic carbocycles. The van der Waals surface area contributed by atoms with E-state index in [0.717, 1.165) is 12.8 Å². The predicted molar refractivity (Wildman–Crippen MR) is 78.4 cm³/mol. The summed E-state index contributed by atoms with van der Waals surface area (Å²) < 4.78 is 5.36. The van der Waals surface area contributed by atoms with Crippen LogP contribution in [0.4, 0.5) is 4.79 Å². The second kappa shape index (κ2) is 6.95. The lowest BCUT2D eigenvalue weighted by molar-refractivity contribution is -0.126. The van der Waals surface area contributed by atoms with E-state index in [4.69, 9.17) is 4.74 Å². The van der Waals surface area contributed by atoms with Gasteiger partial charge in [-0.15, -0.1) is 0 Å². The molecule has 5 heteroatoms. The lowest BCUT2D eigenvalue weighted by Gasteiger charge is -2.33. The Hall–Kier alpha value is -1.26. The van der Waals surface area contributed by atoms with Crippen molar-refractivity contribution in [3.05, 3.63) is 0 Å². The van der Waals surface area contributed by atoms with Gasteiger partial charge in [-0.05, 0) is 39.5 Å². The van der Waals surface area contributed by atoms with E-state index in [9.17, 15) is 9.59 Å². The highest BCUT2D eigenvalue weighted by molar-refractivity contribution is 5.80. The van der Waals surface area contributed by atoms with Crippen LogP contribution in [0.25, 0.3) is 0 Å². The van der Waals surface area contributed by atoms with Crippen molar-refractivity contribution in [2.75, 3.05) is 19.6 Å². The first-order valence-electron chi connectivity index (χ1n) is 7.44. The Morgan fingerprint density at radius 3 is 2.55 bits per heavy atom. The fraction of sp³-hybridized carbons (Fsp3) is 0.867. The van der Waals surface area contributed by atoms with Crippen LogP contribution in [-0.2, 0) is 9.53 Å². The number of nitrogens with one attached hydrogen (secondary N) is 1. The van der Waals surface area contributed by atoms with Crippen LogP contribution in [0.2, 0.25) is 0 Å². The van der Waals surface area contributed by atoms with Crippen LogP contribution < -0.4 is 5.32 Å². The van der Waals surface area contributed by atoms with Crippen LogP contribution in [-0.4, -0.2) is 42.1 Å². The highest BCUT2D eigenvalue weighted by Crippen LogP contribution is 2.19. The van der Waals surface area contributed by atoms with E-state index in [-0.39, 0.29) is 17.9 Å². The van der Waals surface area contributed by atoms with E-state index >= 15 is 0 Å². The van der Waals surface area contributed by atoms with E-state index in [1.54, 1.807) is 4.90 Å². The fourth-order valence-electron chi connectivity index (χ4n) is 2.13.